The quantitative estimate of drug-likeness (QED) is 0.682. The second-order valence-corrected chi connectivity index (χ2v) is 4.03. The van der Waals surface area contributed by atoms with Crippen molar-refractivity contribution in [3.63, 3.8) is 0 Å². The topological polar surface area (TPSA) is 80.9 Å². The van der Waals surface area contributed by atoms with Crippen molar-refractivity contribution in [3.8, 4) is 0 Å². The Hall–Kier alpha value is -1.36. The van der Waals surface area contributed by atoms with E-state index in [2.05, 4.69) is 4.98 Å². The average Bonchev–Trinajstić information content (AvgIpc) is 2.20. The smallest absolute Gasteiger partial charge is 0.326 e. The zero-order valence-electron chi connectivity index (χ0n) is 8.48. The second kappa shape index (κ2) is 4.02. The van der Waals surface area contributed by atoms with Gasteiger partial charge in [0.05, 0.1) is 6.04 Å². The van der Waals surface area contributed by atoms with Gasteiger partial charge in [-0.2, -0.15) is 0 Å². The molecule has 1 aromatic rings. The summed E-state index contributed by atoms with van der Waals surface area (Å²) in [5.41, 5.74) is 5.25. The standard InChI is InChI=1S/C10H15N3O2/c11-7-3-1-2-4-8(7)13-6-5-9(14)12-10(13)15/h5-8H,1-4,11H2,(H,12,14,15)/t7-,8-/m1/s1. The van der Waals surface area contributed by atoms with Crippen molar-refractivity contribution >= 4 is 0 Å². The predicted molar refractivity (Wildman–Crippen MR) is 56.8 cm³/mol. The summed E-state index contributed by atoms with van der Waals surface area (Å²) in [7, 11) is 0. The fourth-order valence-electron chi connectivity index (χ4n) is 2.17. The van der Waals surface area contributed by atoms with E-state index in [-0.39, 0.29) is 23.3 Å². The van der Waals surface area contributed by atoms with Gasteiger partial charge in [-0.3, -0.25) is 14.3 Å². The van der Waals surface area contributed by atoms with Crippen LogP contribution in [0.5, 0.6) is 0 Å². The Morgan fingerprint density at radius 2 is 2.07 bits per heavy atom. The molecule has 1 aliphatic carbocycles. The Bertz CT molecular complexity index is 448. The first-order valence-corrected chi connectivity index (χ1v) is 5.25. The van der Waals surface area contributed by atoms with Gasteiger partial charge in [-0.05, 0) is 12.8 Å². The lowest BCUT2D eigenvalue weighted by atomic mass is 9.91. The van der Waals surface area contributed by atoms with Crippen molar-refractivity contribution in [1.82, 2.24) is 9.55 Å². The molecule has 82 valence electrons. The summed E-state index contributed by atoms with van der Waals surface area (Å²) in [6.45, 7) is 0. The zero-order chi connectivity index (χ0) is 10.8. The highest BCUT2D eigenvalue weighted by molar-refractivity contribution is 4.90. The van der Waals surface area contributed by atoms with Crippen LogP contribution in [-0.4, -0.2) is 15.6 Å². The van der Waals surface area contributed by atoms with E-state index in [1.807, 2.05) is 0 Å². The van der Waals surface area contributed by atoms with Crippen LogP contribution in [0.4, 0.5) is 0 Å². The van der Waals surface area contributed by atoms with Crippen LogP contribution in [0.15, 0.2) is 21.9 Å². The molecule has 0 aromatic carbocycles. The normalized spacial score (nSPS) is 26.5. The van der Waals surface area contributed by atoms with Crippen LogP contribution in [0.3, 0.4) is 0 Å². The molecule has 15 heavy (non-hydrogen) atoms. The maximum absolute atomic E-state index is 11.5. The minimum atomic E-state index is -0.361. The molecule has 1 saturated carbocycles. The molecule has 3 N–H and O–H groups in total. The maximum Gasteiger partial charge on any atom is 0.328 e. The molecular formula is C10H15N3O2. The summed E-state index contributed by atoms with van der Waals surface area (Å²) in [6, 6.07) is 1.41. The van der Waals surface area contributed by atoms with E-state index in [4.69, 9.17) is 5.73 Å². The van der Waals surface area contributed by atoms with Gasteiger partial charge in [-0.25, -0.2) is 4.79 Å². The molecular weight excluding hydrogens is 194 g/mol. The molecule has 1 fully saturated rings. The SMILES string of the molecule is N[C@@H]1CCCC[C@H]1n1ccc(=O)[nH]c1=O. The van der Waals surface area contributed by atoms with E-state index in [9.17, 15) is 9.59 Å². The number of hydrogen-bond acceptors (Lipinski definition) is 3. The lowest BCUT2D eigenvalue weighted by molar-refractivity contribution is 0.297. The number of aromatic amines is 1. The van der Waals surface area contributed by atoms with E-state index >= 15 is 0 Å². The van der Waals surface area contributed by atoms with Crippen molar-refractivity contribution in [2.45, 2.75) is 37.8 Å². The van der Waals surface area contributed by atoms with Gasteiger partial charge in [-0.1, -0.05) is 12.8 Å². The number of hydrogen-bond donors (Lipinski definition) is 2. The van der Waals surface area contributed by atoms with Crippen LogP contribution in [0.2, 0.25) is 0 Å². The van der Waals surface area contributed by atoms with Gasteiger partial charge in [0, 0.05) is 18.3 Å². The predicted octanol–water partition coefficient (Wildman–Crippen LogP) is -0.0210. The lowest BCUT2D eigenvalue weighted by Gasteiger charge is -2.29. The Balaban J connectivity index is 2.36. The second-order valence-electron chi connectivity index (χ2n) is 4.03. The van der Waals surface area contributed by atoms with E-state index < -0.39 is 0 Å². The van der Waals surface area contributed by atoms with Gasteiger partial charge >= 0.3 is 5.69 Å². The summed E-state index contributed by atoms with van der Waals surface area (Å²) in [5.74, 6) is 0. The number of nitrogens with one attached hydrogen (secondary N) is 1. The van der Waals surface area contributed by atoms with Crippen molar-refractivity contribution in [1.29, 1.82) is 0 Å². The molecule has 0 saturated heterocycles. The molecule has 0 bridgehead atoms. The Labute approximate surface area is 86.9 Å². The summed E-state index contributed by atoms with van der Waals surface area (Å²) in [4.78, 5) is 24.7. The summed E-state index contributed by atoms with van der Waals surface area (Å²) >= 11 is 0. The minimum absolute atomic E-state index is 0.0161. The summed E-state index contributed by atoms with van der Waals surface area (Å²) in [5, 5.41) is 0. The van der Waals surface area contributed by atoms with Gasteiger partial charge in [-0.15, -0.1) is 0 Å². The fraction of sp³-hybridized carbons (Fsp3) is 0.600. The highest BCUT2D eigenvalue weighted by Crippen LogP contribution is 2.25. The molecule has 5 nitrogen and oxygen atoms in total. The number of nitrogens with two attached hydrogens (primary N) is 1. The molecule has 1 aromatic heterocycles. The molecule has 0 radical (unpaired) electrons. The van der Waals surface area contributed by atoms with Crippen LogP contribution in [-0.2, 0) is 0 Å². The van der Waals surface area contributed by atoms with E-state index in [1.165, 1.54) is 12.3 Å². The van der Waals surface area contributed by atoms with Crippen LogP contribution in [0.1, 0.15) is 31.7 Å². The first-order valence-electron chi connectivity index (χ1n) is 5.25. The van der Waals surface area contributed by atoms with Crippen molar-refractivity contribution in [3.05, 3.63) is 33.1 Å². The number of H-pyrrole nitrogens is 1. The van der Waals surface area contributed by atoms with Crippen LogP contribution in [0.25, 0.3) is 0 Å². The van der Waals surface area contributed by atoms with E-state index in [0.29, 0.717) is 0 Å². The highest BCUT2D eigenvalue weighted by Gasteiger charge is 2.23. The molecule has 0 unspecified atom stereocenters. The Morgan fingerprint density at radius 3 is 2.73 bits per heavy atom. The van der Waals surface area contributed by atoms with Gasteiger partial charge in [0.2, 0.25) is 0 Å². The van der Waals surface area contributed by atoms with Gasteiger partial charge in [0.15, 0.2) is 0 Å². The van der Waals surface area contributed by atoms with E-state index in [0.717, 1.165) is 25.7 Å². The minimum Gasteiger partial charge on any atom is -0.326 e. The number of nitrogens with zero attached hydrogens (tertiary/aromatic N) is 1. The monoisotopic (exact) mass is 209 g/mol. The molecule has 1 aliphatic rings. The molecule has 2 atom stereocenters. The van der Waals surface area contributed by atoms with Crippen molar-refractivity contribution in [2.24, 2.45) is 5.73 Å². The molecule has 0 spiro atoms. The molecule has 0 amide bonds. The van der Waals surface area contributed by atoms with Crippen LogP contribution in [0, 0.1) is 0 Å². The first kappa shape index (κ1) is 10.2. The third kappa shape index (κ3) is 2.02. The third-order valence-corrected chi connectivity index (χ3v) is 2.99. The number of aromatic nitrogens is 2. The van der Waals surface area contributed by atoms with Crippen LogP contribution >= 0.6 is 0 Å². The van der Waals surface area contributed by atoms with Crippen LogP contribution < -0.4 is 17.0 Å². The Morgan fingerprint density at radius 1 is 1.33 bits per heavy atom. The van der Waals surface area contributed by atoms with Gasteiger partial charge < -0.3 is 5.73 Å². The molecule has 2 rings (SSSR count). The maximum atomic E-state index is 11.5. The lowest BCUT2D eigenvalue weighted by Crippen LogP contribution is -2.41. The first-order chi connectivity index (χ1) is 7.18. The third-order valence-electron chi connectivity index (χ3n) is 2.99. The zero-order valence-corrected chi connectivity index (χ0v) is 8.48. The molecule has 5 heteroatoms. The van der Waals surface area contributed by atoms with E-state index in [1.54, 1.807) is 4.57 Å². The van der Waals surface area contributed by atoms with Gasteiger partial charge in [0.1, 0.15) is 0 Å². The average molecular weight is 209 g/mol. The summed E-state index contributed by atoms with van der Waals surface area (Å²) in [6.07, 6.45) is 5.60. The largest absolute Gasteiger partial charge is 0.328 e. The summed E-state index contributed by atoms with van der Waals surface area (Å²) < 4.78 is 1.55. The molecule has 0 aliphatic heterocycles. The van der Waals surface area contributed by atoms with Gasteiger partial charge in [0.25, 0.3) is 5.56 Å². The van der Waals surface area contributed by atoms with Crippen molar-refractivity contribution < 1.29 is 0 Å². The fourth-order valence-corrected chi connectivity index (χ4v) is 2.17. The van der Waals surface area contributed by atoms with Crippen molar-refractivity contribution in [2.75, 3.05) is 0 Å². The molecule has 1 heterocycles. The Kier molecular flexibility index (Phi) is 2.73. The highest BCUT2D eigenvalue weighted by atomic mass is 16.2. The number of rotatable bonds is 1.